The third kappa shape index (κ3) is 1.61. The van der Waals surface area contributed by atoms with Crippen LogP contribution in [0.3, 0.4) is 0 Å². The summed E-state index contributed by atoms with van der Waals surface area (Å²) in [5.41, 5.74) is 4.18. The maximum atomic E-state index is 14.0. The Morgan fingerprint density at radius 3 is 2.04 bits per heavy atom. The van der Waals surface area contributed by atoms with Crippen LogP contribution in [0.15, 0.2) is 78.4 Å². The van der Waals surface area contributed by atoms with Crippen LogP contribution >= 0.6 is 0 Å². The van der Waals surface area contributed by atoms with E-state index in [-0.39, 0.29) is 10.8 Å². The van der Waals surface area contributed by atoms with Crippen LogP contribution in [0.1, 0.15) is 37.8 Å². The number of carbonyl (C=O) groups is 1. The Labute approximate surface area is 167 Å². The molecule has 0 unspecified atom stereocenters. The van der Waals surface area contributed by atoms with E-state index in [9.17, 15) is 4.79 Å². The normalized spacial score (nSPS) is 40.3. The van der Waals surface area contributed by atoms with Gasteiger partial charge in [0.15, 0.2) is 5.78 Å². The molecule has 0 aliphatic heterocycles. The van der Waals surface area contributed by atoms with Gasteiger partial charge in [0.1, 0.15) is 0 Å². The third-order valence-electron chi connectivity index (χ3n) is 8.69. The zero-order valence-corrected chi connectivity index (χ0v) is 16.6. The van der Waals surface area contributed by atoms with Crippen molar-refractivity contribution < 1.29 is 4.79 Å². The first-order valence-corrected chi connectivity index (χ1v) is 10.7. The molecule has 1 nitrogen and oxygen atoms in total. The molecule has 0 aromatic heterocycles. The molecule has 2 saturated carbocycles. The van der Waals surface area contributed by atoms with Crippen LogP contribution in [0.4, 0.5) is 0 Å². The lowest BCUT2D eigenvalue weighted by Crippen LogP contribution is -2.66. The molecular formula is C27H26O. The molecule has 0 spiro atoms. The second-order valence-electron chi connectivity index (χ2n) is 9.41. The molecule has 1 heteroatoms. The minimum absolute atomic E-state index is 0.252. The van der Waals surface area contributed by atoms with Crippen LogP contribution in [0.2, 0.25) is 0 Å². The van der Waals surface area contributed by atoms with Crippen molar-refractivity contribution in [2.24, 2.45) is 29.1 Å². The largest absolute Gasteiger partial charge is 0.294 e. The molecule has 7 rings (SSSR count). The SMILES string of the molecule is CC1=C(c2ccccc2)[C@@]2(c3ccccc3)[C@@H]3C=C[C@H]([C@H]4CC[C@@H]43)[C@]2(C)C1=O. The predicted octanol–water partition coefficient (Wildman–Crippen LogP) is 5.83. The lowest BCUT2D eigenvalue weighted by molar-refractivity contribution is -0.146. The molecule has 2 bridgehead atoms. The Morgan fingerprint density at radius 2 is 1.39 bits per heavy atom. The summed E-state index contributed by atoms with van der Waals surface area (Å²) in [6.07, 6.45) is 7.47. The number of hydrogen-bond acceptors (Lipinski definition) is 1. The summed E-state index contributed by atoms with van der Waals surface area (Å²) < 4.78 is 0. The second-order valence-corrected chi connectivity index (χ2v) is 9.41. The van der Waals surface area contributed by atoms with Gasteiger partial charge in [-0.05, 0) is 65.7 Å². The van der Waals surface area contributed by atoms with Gasteiger partial charge in [-0.2, -0.15) is 0 Å². The summed E-state index contributed by atoms with van der Waals surface area (Å²) >= 11 is 0. The van der Waals surface area contributed by atoms with Gasteiger partial charge in [0.2, 0.25) is 0 Å². The maximum absolute atomic E-state index is 14.0. The van der Waals surface area contributed by atoms with Gasteiger partial charge in [0, 0.05) is 5.41 Å². The molecule has 2 fully saturated rings. The monoisotopic (exact) mass is 366 g/mol. The summed E-state index contributed by atoms with van der Waals surface area (Å²) in [7, 11) is 0. The quantitative estimate of drug-likeness (QED) is 0.611. The molecule has 0 amide bonds. The molecule has 28 heavy (non-hydrogen) atoms. The molecule has 0 radical (unpaired) electrons. The highest BCUT2D eigenvalue weighted by Crippen LogP contribution is 2.76. The minimum Gasteiger partial charge on any atom is -0.294 e. The Balaban J connectivity index is 1.73. The highest BCUT2D eigenvalue weighted by Gasteiger charge is 2.74. The molecule has 140 valence electrons. The standard InChI is InChI=1S/C27H26O/c1-17-24(18-9-5-3-6-10-18)27(19-11-7-4-8-12-19)23-16-15-22(20-13-14-21(20)23)26(27,2)25(17)28/h3-12,15-16,20-23H,13-14H2,1-2H3/t20-,21-,22+,23+,26+,27+/m0/s1. The topological polar surface area (TPSA) is 17.1 Å². The first kappa shape index (κ1) is 16.5. The highest BCUT2D eigenvalue weighted by atomic mass is 16.1. The van der Waals surface area contributed by atoms with E-state index in [4.69, 9.17) is 0 Å². The Hall–Kier alpha value is -2.41. The van der Waals surface area contributed by atoms with E-state index in [1.807, 2.05) is 0 Å². The number of ketones is 1. The highest BCUT2D eigenvalue weighted by molar-refractivity contribution is 6.15. The minimum atomic E-state index is -0.384. The fourth-order valence-electron chi connectivity index (χ4n) is 7.61. The maximum Gasteiger partial charge on any atom is 0.166 e. The van der Waals surface area contributed by atoms with Gasteiger partial charge in [-0.1, -0.05) is 79.7 Å². The summed E-state index contributed by atoms with van der Waals surface area (Å²) in [6, 6.07) is 21.6. The number of rotatable bonds is 2. The van der Waals surface area contributed by atoms with Crippen LogP contribution in [-0.2, 0) is 10.2 Å². The van der Waals surface area contributed by atoms with Crippen molar-refractivity contribution in [1.29, 1.82) is 0 Å². The van der Waals surface area contributed by atoms with Crippen molar-refractivity contribution in [3.05, 3.63) is 89.5 Å². The average molecular weight is 367 g/mol. The van der Waals surface area contributed by atoms with E-state index in [0.717, 1.165) is 5.57 Å². The fourth-order valence-corrected chi connectivity index (χ4v) is 7.61. The van der Waals surface area contributed by atoms with E-state index in [2.05, 4.69) is 86.7 Å². The van der Waals surface area contributed by atoms with Crippen LogP contribution in [0.5, 0.6) is 0 Å². The molecule has 0 N–H and O–H groups in total. The zero-order valence-electron chi connectivity index (χ0n) is 16.6. The van der Waals surface area contributed by atoms with E-state index >= 15 is 0 Å². The van der Waals surface area contributed by atoms with Gasteiger partial charge in [-0.25, -0.2) is 0 Å². The first-order chi connectivity index (χ1) is 13.6. The molecule has 2 aromatic carbocycles. The van der Waals surface area contributed by atoms with E-state index in [1.165, 1.54) is 29.5 Å². The summed E-state index contributed by atoms with van der Waals surface area (Å²) in [5, 5.41) is 0. The molecule has 6 atom stereocenters. The van der Waals surface area contributed by atoms with Gasteiger partial charge in [0.05, 0.1) is 5.41 Å². The third-order valence-corrected chi connectivity index (χ3v) is 8.69. The summed E-state index contributed by atoms with van der Waals surface area (Å²) in [4.78, 5) is 14.0. The smallest absolute Gasteiger partial charge is 0.166 e. The van der Waals surface area contributed by atoms with E-state index in [0.29, 0.717) is 29.5 Å². The molecule has 5 aliphatic rings. The lowest BCUT2D eigenvalue weighted by Gasteiger charge is -2.67. The van der Waals surface area contributed by atoms with Crippen LogP contribution in [0.25, 0.3) is 5.57 Å². The summed E-state index contributed by atoms with van der Waals surface area (Å²) in [6.45, 7) is 4.37. The van der Waals surface area contributed by atoms with E-state index in [1.54, 1.807) is 0 Å². The number of Topliss-reactive ketones (excluding diaryl/α,β-unsaturated/α-hetero) is 1. The Morgan fingerprint density at radius 1 is 0.821 bits per heavy atom. The van der Waals surface area contributed by atoms with Gasteiger partial charge in [-0.3, -0.25) is 4.79 Å². The van der Waals surface area contributed by atoms with Crippen molar-refractivity contribution in [2.45, 2.75) is 32.1 Å². The van der Waals surface area contributed by atoms with Crippen molar-refractivity contribution >= 4 is 11.4 Å². The number of allylic oxidation sites excluding steroid dienone is 4. The molecule has 0 heterocycles. The van der Waals surface area contributed by atoms with Gasteiger partial charge in [-0.15, -0.1) is 0 Å². The van der Waals surface area contributed by atoms with Crippen molar-refractivity contribution in [3.63, 3.8) is 0 Å². The van der Waals surface area contributed by atoms with Crippen molar-refractivity contribution in [2.75, 3.05) is 0 Å². The van der Waals surface area contributed by atoms with Crippen LogP contribution in [-0.4, -0.2) is 5.78 Å². The Kier molecular flexibility index (Phi) is 3.16. The molecule has 2 aromatic rings. The lowest BCUT2D eigenvalue weighted by atomic mass is 9.34. The number of benzene rings is 2. The van der Waals surface area contributed by atoms with E-state index < -0.39 is 0 Å². The number of carbonyl (C=O) groups excluding carboxylic acids is 1. The van der Waals surface area contributed by atoms with Crippen LogP contribution < -0.4 is 0 Å². The van der Waals surface area contributed by atoms with Crippen molar-refractivity contribution in [1.82, 2.24) is 0 Å². The Bertz CT molecular complexity index is 1030. The fraction of sp³-hybridized carbons (Fsp3) is 0.370. The van der Waals surface area contributed by atoms with Gasteiger partial charge in [0.25, 0.3) is 0 Å². The van der Waals surface area contributed by atoms with Crippen molar-refractivity contribution in [3.8, 4) is 0 Å². The predicted molar refractivity (Wildman–Crippen MR) is 113 cm³/mol. The molecular weight excluding hydrogens is 340 g/mol. The van der Waals surface area contributed by atoms with Gasteiger partial charge < -0.3 is 0 Å². The first-order valence-electron chi connectivity index (χ1n) is 10.7. The zero-order chi connectivity index (χ0) is 19.1. The van der Waals surface area contributed by atoms with Crippen LogP contribution in [0, 0.1) is 29.1 Å². The average Bonchev–Trinajstić information content (AvgIpc) is 2.90. The number of hydrogen-bond donors (Lipinski definition) is 0. The molecule has 0 saturated heterocycles. The summed E-state index contributed by atoms with van der Waals surface area (Å²) in [5.74, 6) is 2.52. The molecule has 5 aliphatic carbocycles. The second kappa shape index (κ2) is 5.35. The van der Waals surface area contributed by atoms with Gasteiger partial charge >= 0.3 is 0 Å².